The second-order valence-electron chi connectivity index (χ2n) is 5.96. The lowest BCUT2D eigenvalue weighted by Crippen LogP contribution is -2.36. The van der Waals surface area contributed by atoms with Crippen molar-refractivity contribution in [2.45, 2.75) is 13.3 Å². The molecule has 7 heteroatoms. The molecule has 3 rings (SSSR count). The van der Waals surface area contributed by atoms with E-state index in [0.717, 1.165) is 12.0 Å². The monoisotopic (exact) mass is 398 g/mol. The molecule has 0 aliphatic carbocycles. The summed E-state index contributed by atoms with van der Waals surface area (Å²) in [6.45, 7) is 1.93. The molecule has 0 bridgehead atoms. The van der Waals surface area contributed by atoms with E-state index in [1.807, 2.05) is 24.3 Å². The first-order chi connectivity index (χ1) is 13.0. The first-order valence-corrected chi connectivity index (χ1v) is 9.62. The Kier molecular flexibility index (Phi) is 5.93. The summed E-state index contributed by atoms with van der Waals surface area (Å²) in [5.74, 6) is -0.516. The number of rotatable bonds is 5. The molecule has 2 aromatic carbocycles. The number of amides is 2. The van der Waals surface area contributed by atoms with Gasteiger partial charge in [0.1, 0.15) is 16.6 Å². The van der Waals surface area contributed by atoms with Crippen molar-refractivity contribution in [3.05, 3.63) is 64.6 Å². The molecule has 0 saturated carbocycles. The smallest absolute Gasteiger partial charge is 0.266 e. The fourth-order valence-electron chi connectivity index (χ4n) is 2.53. The second-order valence-corrected chi connectivity index (χ2v) is 7.63. The fourth-order valence-corrected chi connectivity index (χ4v) is 3.78. The van der Waals surface area contributed by atoms with Gasteiger partial charge in [-0.1, -0.05) is 55.2 Å². The maximum Gasteiger partial charge on any atom is 0.266 e. The van der Waals surface area contributed by atoms with Gasteiger partial charge in [0, 0.05) is 5.69 Å². The summed E-state index contributed by atoms with van der Waals surface area (Å²) < 4.78 is 0.359. The normalized spacial score (nSPS) is 15.4. The van der Waals surface area contributed by atoms with Crippen molar-refractivity contribution in [2.75, 3.05) is 11.9 Å². The largest absolute Gasteiger partial charge is 0.508 e. The molecule has 1 aliphatic rings. The van der Waals surface area contributed by atoms with Gasteiger partial charge in [0.2, 0.25) is 5.91 Å². The summed E-state index contributed by atoms with van der Waals surface area (Å²) in [5, 5.41) is 12.0. The van der Waals surface area contributed by atoms with E-state index < -0.39 is 0 Å². The summed E-state index contributed by atoms with van der Waals surface area (Å²) in [5.41, 5.74) is 2.68. The number of hydrogen-bond acceptors (Lipinski definition) is 5. The van der Waals surface area contributed by atoms with Crippen molar-refractivity contribution in [1.82, 2.24) is 4.90 Å². The van der Waals surface area contributed by atoms with Gasteiger partial charge in [0.25, 0.3) is 5.91 Å². The highest BCUT2D eigenvalue weighted by atomic mass is 32.2. The van der Waals surface area contributed by atoms with E-state index >= 15 is 0 Å². The molecule has 0 atom stereocenters. The number of carbonyl (C=O) groups excluding carboxylic acids is 2. The van der Waals surface area contributed by atoms with Crippen LogP contribution in [0.15, 0.2) is 53.4 Å². The topological polar surface area (TPSA) is 69.6 Å². The molecule has 27 heavy (non-hydrogen) atoms. The number of thioether (sulfide) groups is 1. The van der Waals surface area contributed by atoms with Gasteiger partial charge in [-0.2, -0.15) is 0 Å². The van der Waals surface area contributed by atoms with Crippen LogP contribution in [0.4, 0.5) is 5.69 Å². The Balaban J connectivity index is 1.67. The third-order valence-electron chi connectivity index (χ3n) is 4.01. The number of phenolic OH excluding ortho intramolecular Hbond substituents is 1. The lowest BCUT2D eigenvalue weighted by atomic mass is 10.1. The van der Waals surface area contributed by atoms with Gasteiger partial charge in [0.05, 0.1) is 4.91 Å². The van der Waals surface area contributed by atoms with Crippen LogP contribution in [0.3, 0.4) is 0 Å². The van der Waals surface area contributed by atoms with E-state index in [9.17, 15) is 14.7 Å². The van der Waals surface area contributed by atoms with Crippen molar-refractivity contribution < 1.29 is 14.7 Å². The molecular weight excluding hydrogens is 380 g/mol. The first-order valence-electron chi connectivity index (χ1n) is 8.39. The highest BCUT2D eigenvalue weighted by molar-refractivity contribution is 8.26. The average molecular weight is 399 g/mol. The molecule has 2 N–H and O–H groups in total. The number of aryl methyl sites for hydroxylation is 1. The van der Waals surface area contributed by atoms with Gasteiger partial charge >= 0.3 is 0 Å². The minimum atomic E-state index is -0.356. The zero-order valence-corrected chi connectivity index (χ0v) is 16.3. The van der Waals surface area contributed by atoms with Crippen LogP contribution in [0.25, 0.3) is 6.08 Å². The van der Waals surface area contributed by atoms with Crippen LogP contribution in [0, 0.1) is 0 Å². The number of hydrogen-bond donors (Lipinski definition) is 2. The summed E-state index contributed by atoms with van der Waals surface area (Å²) in [7, 11) is 0. The van der Waals surface area contributed by atoms with Gasteiger partial charge in [-0.25, -0.2) is 0 Å². The first kappa shape index (κ1) is 19.1. The molecule has 138 valence electrons. The Hall–Kier alpha value is -2.64. The number of anilines is 1. The number of carbonyl (C=O) groups is 2. The van der Waals surface area contributed by atoms with Gasteiger partial charge < -0.3 is 10.4 Å². The van der Waals surface area contributed by atoms with Crippen molar-refractivity contribution in [3.8, 4) is 5.75 Å². The molecular formula is C20H18N2O3S2. The maximum atomic E-state index is 12.6. The van der Waals surface area contributed by atoms with Crippen LogP contribution in [-0.2, 0) is 16.0 Å². The van der Waals surface area contributed by atoms with Crippen LogP contribution in [0.5, 0.6) is 5.75 Å². The molecule has 1 fully saturated rings. The van der Waals surface area contributed by atoms with Crippen molar-refractivity contribution in [3.63, 3.8) is 0 Å². The molecule has 0 spiro atoms. The summed E-state index contributed by atoms with van der Waals surface area (Å²) in [6, 6.07) is 14.1. The van der Waals surface area contributed by atoms with Crippen molar-refractivity contribution >= 4 is 51.9 Å². The Labute approximate surface area is 167 Å². The summed E-state index contributed by atoms with van der Waals surface area (Å²) in [6.07, 6.45) is 2.75. The standard InChI is InChI=1S/C20H18N2O3S2/c1-2-13-3-5-14(6-4-13)11-17-19(25)22(20(26)27-17)12-18(24)21-15-7-9-16(23)10-8-15/h3-11,23H,2,12H2,1H3,(H,21,24)/b17-11-. The van der Waals surface area contributed by atoms with Crippen LogP contribution in [0.1, 0.15) is 18.1 Å². The van der Waals surface area contributed by atoms with Gasteiger partial charge in [-0.15, -0.1) is 0 Å². The highest BCUT2D eigenvalue weighted by Gasteiger charge is 2.33. The predicted molar refractivity (Wildman–Crippen MR) is 112 cm³/mol. The Bertz CT molecular complexity index is 906. The molecule has 1 saturated heterocycles. The quantitative estimate of drug-likeness (QED) is 0.456. The van der Waals surface area contributed by atoms with E-state index in [0.29, 0.717) is 14.9 Å². The van der Waals surface area contributed by atoms with E-state index in [-0.39, 0.29) is 24.1 Å². The molecule has 0 unspecified atom stereocenters. The maximum absolute atomic E-state index is 12.6. The second kappa shape index (κ2) is 8.37. The molecule has 2 amide bonds. The molecule has 1 heterocycles. The minimum Gasteiger partial charge on any atom is -0.508 e. The number of thiocarbonyl (C=S) groups is 1. The van der Waals surface area contributed by atoms with Gasteiger partial charge in [-0.05, 0) is 47.9 Å². The van der Waals surface area contributed by atoms with E-state index in [4.69, 9.17) is 12.2 Å². The number of phenols is 1. The Morgan fingerprint density at radius 1 is 1.19 bits per heavy atom. The van der Waals surface area contributed by atoms with Crippen LogP contribution in [0.2, 0.25) is 0 Å². The fraction of sp³-hybridized carbons (Fsp3) is 0.150. The van der Waals surface area contributed by atoms with E-state index in [2.05, 4.69) is 12.2 Å². The van der Waals surface area contributed by atoms with Crippen molar-refractivity contribution in [1.29, 1.82) is 0 Å². The SMILES string of the molecule is CCc1ccc(/C=C2\SC(=S)N(CC(=O)Nc3ccc(O)cc3)C2=O)cc1. The number of nitrogens with zero attached hydrogens (tertiary/aromatic N) is 1. The zero-order chi connectivity index (χ0) is 19.4. The van der Waals surface area contributed by atoms with Crippen molar-refractivity contribution in [2.24, 2.45) is 0 Å². The molecule has 5 nitrogen and oxygen atoms in total. The lowest BCUT2D eigenvalue weighted by Gasteiger charge is -2.14. The lowest BCUT2D eigenvalue weighted by molar-refractivity contribution is -0.126. The van der Waals surface area contributed by atoms with Crippen LogP contribution in [-0.4, -0.2) is 32.7 Å². The van der Waals surface area contributed by atoms with Gasteiger partial charge in [0.15, 0.2) is 0 Å². The number of aromatic hydroxyl groups is 1. The third kappa shape index (κ3) is 4.75. The third-order valence-corrected chi connectivity index (χ3v) is 5.39. The summed E-state index contributed by atoms with van der Waals surface area (Å²) in [4.78, 5) is 26.6. The van der Waals surface area contributed by atoms with E-state index in [1.54, 1.807) is 18.2 Å². The Morgan fingerprint density at radius 3 is 2.48 bits per heavy atom. The average Bonchev–Trinajstić information content (AvgIpc) is 2.91. The number of benzene rings is 2. The Morgan fingerprint density at radius 2 is 1.85 bits per heavy atom. The van der Waals surface area contributed by atoms with Crippen LogP contribution >= 0.6 is 24.0 Å². The predicted octanol–water partition coefficient (Wildman–Crippen LogP) is 3.79. The molecule has 1 aliphatic heterocycles. The minimum absolute atomic E-state index is 0.113. The molecule has 0 aromatic heterocycles. The molecule has 0 radical (unpaired) electrons. The number of nitrogens with one attached hydrogen (secondary N) is 1. The van der Waals surface area contributed by atoms with Crippen LogP contribution < -0.4 is 5.32 Å². The molecule has 2 aromatic rings. The zero-order valence-electron chi connectivity index (χ0n) is 14.6. The summed E-state index contributed by atoms with van der Waals surface area (Å²) >= 11 is 6.46. The van der Waals surface area contributed by atoms with E-state index in [1.165, 1.54) is 34.4 Å². The van der Waals surface area contributed by atoms with Gasteiger partial charge in [-0.3, -0.25) is 14.5 Å². The highest BCUT2D eigenvalue weighted by Crippen LogP contribution is 2.32.